The van der Waals surface area contributed by atoms with E-state index < -0.39 is 17.7 Å². The lowest BCUT2D eigenvalue weighted by Crippen LogP contribution is -2.32. The summed E-state index contributed by atoms with van der Waals surface area (Å²) < 4.78 is 4.91. The first-order valence-electron chi connectivity index (χ1n) is 3.98. The van der Waals surface area contributed by atoms with Gasteiger partial charge in [0, 0.05) is 0 Å². The Kier molecular flexibility index (Phi) is 4.20. The molecule has 4 nitrogen and oxygen atoms in total. The lowest BCUT2D eigenvalue weighted by atomic mass is 10.2. The monoisotopic (exact) mass is 175 g/mol. The number of hydrogen-bond acceptors (Lipinski definition) is 4. The summed E-state index contributed by atoms with van der Waals surface area (Å²) in [6, 6.07) is 0. The highest BCUT2D eigenvalue weighted by Crippen LogP contribution is 2.09. The summed E-state index contributed by atoms with van der Waals surface area (Å²) in [6.07, 6.45) is -0.844. The van der Waals surface area contributed by atoms with Gasteiger partial charge < -0.3 is 15.6 Å². The second-order valence-corrected chi connectivity index (χ2v) is 3.63. The maximum Gasteiger partial charge on any atom is 0.335 e. The summed E-state index contributed by atoms with van der Waals surface area (Å²) >= 11 is 0. The van der Waals surface area contributed by atoms with Crippen LogP contribution in [0.4, 0.5) is 0 Å². The molecule has 0 aliphatic carbocycles. The van der Waals surface area contributed by atoms with Crippen molar-refractivity contribution in [2.75, 3.05) is 6.54 Å². The minimum absolute atomic E-state index is 0.245. The molecule has 0 saturated heterocycles. The van der Waals surface area contributed by atoms with Crippen LogP contribution in [0.2, 0.25) is 0 Å². The lowest BCUT2D eigenvalue weighted by Gasteiger charge is -2.21. The van der Waals surface area contributed by atoms with Gasteiger partial charge in [-0.1, -0.05) is 0 Å². The molecule has 0 rings (SSSR count). The predicted molar refractivity (Wildman–Crippen MR) is 45.5 cm³/mol. The van der Waals surface area contributed by atoms with Crippen LogP contribution in [0.3, 0.4) is 0 Å². The third-order valence-corrected chi connectivity index (χ3v) is 1.12. The van der Waals surface area contributed by atoms with Crippen LogP contribution < -0.4 is 5.73 Å². The van der Waals surface area contributed by atoms with Crippen LogP contribution in [0.5, 0.6) is 0 Å². The molecule has 12 heavy (non-hydrogen) atoms. The van der Waals surface area contributed by atoms with E-state index >= 15 is 0 Å². The van der Waals surface area contributed by atoms with E-state index in [1.807, 2.05) is 0 Å². The van der Waals surface area contributed by atoms with E-state index in [9.17, 15) is 4.79 Å². The van der Waals surface area contributed by atoms with Crippen molar-refractivity contribution >= 4 is 5.97 Å². The topological polar surface area (TPSA) is 72.5 Å². The van der Waals surface area contributed by atoms with E-state index in [1.54, 1.807) is 20.8 Å². The standard InChI is InChI=1S/C8H17NO3/c1-8(2,3)12-7(11)6(10)4-5-9/h6,10H,4-5,9H2,1-3H3. The summed E-state index contributed by atoms with van der Waals surface area (Å²) in [5.41, 5.74) is 4.61. The normalized spacial score (nSPS) is 14.1. The highest BCUT2D eigenvalue weighted by atomic mass is 16.6. The highest BCUT2D eigenvalue weighted by Gasteiger charge is 2.22. The van der Waals surface area contributed by atoms with E-state index in [2.05, 4.69) is 0 Å². The fourth-order valence-electron chi connectivity index (χ4n) is 0.646. The summed E-state index contributed by atoms with van der Waals surface area (Å²) in [5.74, 6) is -0.604. The van der Waals surface area contributed by atoms with Crippen molar-refractivity contribution in [3.63, 3.8) is 0 Å². The lowest BCUT2D eigenvalue weighted by molar-refractivity contribution is -0.165. The van der Waals surface area contributed by atoms with Gasteiger partial charge in [0.1, 0.15) is 5.60 Å². The fraction of sp³-hybridized carbons (Fsp3) is 0.875. The van der Waals surface area contributed by atoms with Gasteiger partial charge in [0.2, 0.25) is 0 Å². The van der Waals surface area contributed by atoms with E-state index in [0.717, 1.165) is 0 Å². The Morgan fingerprint density at radius 2 is 2.08 bits per heavy atom. The van der Waals surface area contributed by atoms with Crippen LogP contribution in [-0.2, 0) is 9.53 Å². The second-order valence-electron chi connectivity index (χ2n) is 3.63. The quantitative estimate of drug-likeness (QED) is 0.594. The Hall–Kier alpha value is -0.610. The molecule has 0 aliphatic heterocycles. The molecule has 1 unspecified atom stereocenters. The SMILES string of the molecule is CC(C)(C)OC(=O)C(O)CCN. The molecule has 0 aromatic carbocycles. The van der Waals surface area contributed by atoms with E-state index in [0.29, 0.717) is 0 Å². The molecule has 0 radical (unpaired) electrons. The Morgan fingerprint density at radius 1 is 1.58 bits per heavy atom. The molecule has 4 heteroatoms. The van der Waals surface area contributed by atoms with Crippen molar-refractivity contribution in [3.05, 3.63) is 0 Å². The molecule has 0 aromatic heterocycles. The molecule has 0 spiro atoms. The van der Waals surface area contributed by atoms with Crippen molar-refractivity contribution in [2.45, 2.75) is 38.9 Å². The first kappa shape index (κ1) is 11.4. The van der Waals surface area contributed by atoms with Crippen LogP contribution in [0.1, 0.15) is 27.2 Å². The van der Waals surface area contributed by atoms with Crippen molar-refractivity contribution in [1.29, 1.82) is 0 Å². The van der Waals surface area contributed by atoms with Gasteiger partial charge in [-0.25, -0.2) is 4.79 Å². The van der Waals surface area contributed by atoms with Crippen molar-refractivity contribution in [3.8, 4) is 0 Å². The number of aliphatic hydroxyl groups is 1. The van der Waals surface area contributed by atoms with E-state index in [1.165, 1.54) is 0 Å². The Labute approximate surface area is 72.7 Å². The van der Waals surface area contributed by atoms with E-state index in [4.69, 9.17) is 15.6 Å². The number of rotatable bonds is 3. The summed E-state index contributed by atoms with van der Waals surface area (Å²) in [5, 5.41) is 9.13. The third-order valence-electron chi connectivity index (χ3n) is 1.12. The minimum Gasteiger partial charge on any atom is -0.458 e. The minimum atomic E-state index is -1.09. The Balaban J connectivity index is 3.87. The van der Waals surface area contributed by atoms with Gasteiger partial charge in [-0.15, -0.1) is 0 Å². The molecule has 0 fully saturated rings. The van der Waals surface area contributed by atoms with Gasteiger partial charge in [0.05, 0.1) is 0 Å². The molecule has 1 atom stereocenters. The number of carbonyl (C=O) groups excluding carboxylic acids is 1. The van der Waals surface area contributed by atoms with Gasteiger partial charge >= 0.3 is 5.97 Å². The van der Waals surface area contributed by atoms with Gasteiger partial charge in [0.25, 0.3) is 0 Å². The van der Waals surface area contributed by atoms with Crippen LogP contribution in [0.15, 0.2) is 0 Å². The van der Waals surface area contributed by atoms with Crippen molar-refractivity contribution < 1.29 is 14.6 Å². The molecule has 72 valence electrons. The first-order chi connectivity index (χ1) is 5.37. The van der Waals surface area contributed by atoms with Crippen LogP contribution in [0.25, 0.3) is 0 Å². The molecular formula is C8H17NO3. The summed E-state index contributed by atoms with van der Waals surface area (Å²) in [4.78, 5) is 11.0. The zero-order valence-electron chi connectivity index (χ0n) is 7.83. The van der Waals surface area contributed by atoms with Crippen molar-refractivity contribution in [1.82, 2.24) is 0 Å². The number of carbonyl (C=O) groups is 1. The largest absolute Gasteiger partial charge is 0.458 e. The average Bonchev–Trinajstić information content (AvgIpc) is 1.84. The zero-order valence-corrected chi connectivity index (χ0v) is 7.83. The molecule has 0 heterocycles. The zero-order chi connectivity index (χ0) is 9.78. The van der Waals surface area contributed by atoms with Crippen LogP contribution >= 0.6 is 0 Å². The smallest absolute Gasteiger partial charge is 0.335 e. The molecule has 0 aliphatic rings. The van der Waals surface area contributed by atoms with Gasteiger partial charge in [-0.05, 0) is 33.7 Å². The maximum absolute atomic E-state index is 11.0. The molecule has 0 amide bonds. The second kappa shape index (κ2) is 4.42. The van der Waals surface area contributed by atoms with Gasteiger partial charge in [-0.2, -0.15) is 0 Å². The number of esters is 1. The van der Waals surface area contributed by atoms with E-state index in [-0.39, 0.29) is 13.0 Å². The maximum atomic E-state index is 11.0. The number of aliphatic hydroxyl groups excluding tert-OH is 1. The number of hydrogen-bond donors (Lipinski definition) is 2. The fourth-order valence-corrected chi connectivity index (χ4v) is 0.646. The molecule has 0 aromatic rings. The third kappa shape index (κ3) is 5.09. The predicted octanol–water partition coefficient (Wildman–Crippen LogP) is 0.0378. The van der Waals surface area contributed by atoms with Gasteiger partial charge in [0.15, 0.2) is 6.10 Å². The molecular weight excluding hydrogens is 158 g/mol. The summed E-state index contributed by atoms with van der Waals surface area (Å²) in [7, 11) is 0. The molecule has 0 saturated carbocycles. The molecule has 0 bridgehead atoms. The highest BCUT2D eigenvalue weighted by molar-refractivity contribution is 5.74. The number of nitrogens with two attached hydrogens (primary N) is 1. The Morgan fingerprint density at radius 3 is 2.42 bits per heavy atom. The Bertz CT molecular complexity index is 151. The average molecular weight is 175 g/mol. The summed E-state index contributed by atoms with van der Waals surface area (Å²) in [6.45, 7) is 5.53. The van der Waals surface area contributed by atoms with Gasteiger partial charge in [-0.3, -0.25) is 0 Å². The first-order valence-corrected chi connectivity index (χ1v) is 3.98. The van der Waals surface area contributed by atoms with Crippen LogP contribution in [-0.4, -0.2) is 29.3 Å². The van der Waals surface area contributed by atoms with Crippen LogP contribution in [0, 0.1) is 0 Å². The molecule has 3 N–H and O–H groups in total. The van der Waals surface area contributed by atoms with Crippen molar-refractivity contribution in [2.24, 2.45) is 5.73 Å². The number of ether oxygens (including phenoxy) is 1.